The molecular formula is C15H24N4O2. The van der Waals surface area contributed by atoms with E-state index < -0.39 is 11.6 Å². The summed E-state index contributed by atoms with van der Waals surface area (Å²) in [7, 11) is 1.87. The van der Waals surface area contributed by atoms with Crippen LogP contribution in [0, 0.1) is 0 Å². The molecule has 1 saturated heterocycles. The van der Waals surface area contributed by atoms with Crippen molar-refractivity contribution in [2.24, 2.45) is 7.05 Å². The first kappa shape index (κ1) is 15.5. The SMILES string of the molecule is CCC1(CC)NC(=O)C(C)N(CCc2cnn(C)c2)C1=O. The second-order valence-electron chi connectivity index (χ2n) is 5.73. The molecule has 0 radical (unpaired) electrons. The van der Waals surface area contributed by atoms with E-state index in [2.05, 4.69) is 10.4 Å². The lowest BCUT2D eigenvalue weighted by Crippen LogP contribution is -2.69. The van der Waals surface area contributed by atoms with Gasteiger partial charge in [-0.2, -0.15) is 5.10 Å². The predicted molar refractivity (Wildman–Crippen MR) is 79.5 cm³/mol. The highest BCUT2D eigenvalue weighted by molar-refractivity contribution is 5.99. The number of hydrogen-bond donors (Lipinski definition) is 1. The van der Waals surface area contributed by atoms with Crippen LogP contribution in [0.25, 0.3) is 0 Å². The van der Waals surface area contributed by atoms with Gasteiger partial charge in [-0.1, -0.05) is 13.8 Å². The minimum absolute atomic E-state index is 0.0310. The van der Waals surface area contributed by atoms with E-state index in [0.29, 0.717) is 25.8 Å². The molecule has 0 saturated carbocycles. The number of rotatable bonds is 5. The summed E-state index contributed by atoms with van der Waals surface area (Å²) < 4.78 is 1.74. The van der Waals surface area contributed by atoms with Crippen LogP contribution in [0.5, 0.6) is 0 Å². The molecule has 2 heterocycles. The molecule has 1 N–H and O–H groups in total. The van der Waals surface area contributed by atoms with Crippen LogP contribution in [0.2, 0.25) is 0 Å². The van der Waals surface area contributed by atoms with E-state index in [0.717, 1.165) is 5.56 Å². The fourth-order valence-corrected chi connectivity index (χ4v) is 2.86. The van der Waals surface area contributed by atoms with Gasteiger partial charge in [0.1, 0.15) is 11.6 Å². The lowest BCUT2D eigenvalue weighted by Gasteiger charge is -2.44. The second-order valence-corrected chi connectivity index (χ2v) is 5.73. The quantitative estimate of drug-likeness (QED) is 0.875. The van der Waals surface area contributed by atoms with Crippen molar-refractivity contribution in [3.63, 3.8) is 0 Å². The van der Waals surface area contributed by atoms with Crippen molar-refractivity contribution in [1.82, 2.24) is 20.0 Å². The van der Waals surface area contributed by atoms with E-state index in [4.69, 9.17) is 0 Å². The normalized spacial score (nSPS) is 21.5. The number of aromatic nitrogens is 2. The van der Waals surface area contributed by atoms with E-state index in [9.17, 15) is 9.59 Å². The molecular weight excluding hydrogens is 268 g/mol. The molecule has 116 valence electrons. The number of nitrogens with zero attached hydrogens (tertiary/aromatic N) is 3. The Hall–Kier alpha value is -1.85. The fraction of sp³-hybridized carbons (Fsp3) is 0.667. The van der Waals surface area contributed by atoms with E-state index >= 15 is 0 Å². The van der Waals surface area contributed by atoms with Crippen LogP contribution in [0.1, 0.15) is 39.2 Å². The molecule has 0 bridgehead atoms. The average Bonchev–Trinajstić information content (AvgIpc) is 2.89. The first-order valence-electron chi connectivity index (χ1n) is 7.54. The number of carbonyl (C=O) groups excluding carboxylic acids is 2. The number of hydrogen-bond acceptors (Lipinski definition) is 3. The summed E-state index contributed by atoms with van der Waals surface area (Å²) in [4.78, 5) is 26.7. The van der Waals surface area contributed by atoms with Gasteiger partial charge in [-0.25, -0.2) is 0 Å². The third-order valence-electron chi connectivity index (χ3n) is 4.49. The van der Waals surface area contributed by atoms with Crippen molar-refractivity contribution >= 4 is 11.8 Å². The van der Waals surface area contributed by atoms with Gasteiger partial charge in [-0.3, -0.25) is 14.3 Å². The highest BCUT2D eigenvalue weighted by Crippen LogP contribution is 2.25. The Morgan fingerprint density at radius 2 is 2.00 bits per heavy atom. The Balaban J connectivity index is 2.15. The standard InChI is InChI=1S/C15H24N4O2/c1-5-15(6-2)14(21)19(11(3)13(20)17-15)8-7-12-9-16-18(4)10-12/h9-11H,5-8H2,1-4H3,(H,17,20). The molecule has 1 atom stereocenters. The van der Waals surface area contributed by atoms with Gasteiger partial charge in [0.05, 0.1) is 6.20 Å². The summed E-state index contributed by atoms with van der Waals surface area (Å²) in [5, 5.41) is 7.04. The number of piperazine rings is 1. The average molecular weight is 292 g/mol. The molecule has 0 spiro atoms. The monoisotopic (exact) mass is 292 g/mol. The topological polar surface area (TPSA) is 67.2 Å². The van der Waals surface area contributed by atoms with Crippen molar-refractivity contribution in [1.29, 1.82) is 0 Å². The molecule has 1 aliphatic heterocycles. The molecule has 0 aromatic carbocycles. The molecule has 1 aromatic heterocycles. The number of aryl methyl sites for hydroxylation is 1. The van der Waals surface area contributed by atoms with Crippen LogP contribution in [-0.2, 0) is 23.1 Å². The van der Waals surface area contributed by atoms with Crippen molar-refractivity contribution in [3.05, 3.63) is 18.0 Å². The first-order valence-corrected chi connectivity index (χ1v) is 7.54. The van der Waals surface area contributed by atoms with Crippen molar-refractivity contribution < 1.29 is 9.59 Å². The molecule has 0 aliphatic carbocycles. The van der Waals surface area contributed by atoms with Crippen LogP contribution in [-0.4, -0.2) is 44.6 Å². The zero-order chi connectivity index (χ0) is 15.6. The van der Waals surface area contributed by atoms with Gasteiger partial charge in [0.25, 0.3) is 0 Å². The maximum atomic E-state index is 12.8. The van der Waals surface area contributed by atoms with Crippen LogP contribution < -0.4 is 5.32 Å². The van der Waals surface area contributed by atoms with Gasteiger partial charge in [-0.15, -0.1) is 0 Å². The van der Waals surface area contributed by atoms with Gasteiger partial charge in [0.15, 0.2) is 0 Å². The summed E-state index contributed by atoms with van der Waals surface area (Å²) >= 11 is 0. The van der Waals surface area contributed by atoms with Crippen molar-refractivity contribution in [2.45, 2.75) is 51.6 Å². The third-order valence-corrected chi connectivity index (χ3v) is 4.49. The first-order chi connectivity index (χ1) is 9.93. The second kappa shape index (κ2) is 5.87. The van der Waals surface area contributed by atoms with Gasteiger partial charge in [0.2, 0.25) is 11.8 Å². The molecule has 6 nitrogen and oxygen atoms in total. The number of nitrogens with one attached hydrogen (secondary N) is 1. The minimum atomic E-state index is -0.738. The Kier molecular flexibility index (Phi) is 4.34. The van der Waals surface area contributed by atoms with E-state index in [1.807, 2.05) is 27.1 Å². The van der Waals surface area contributed by atoms with Crippen LogP contribution in [0.15, 0.2) is 12.4 Å². The highest BCUT2D eigenvalue weighted by atomic mass is 16.2. The van der Waals surface area contributed by atoms with Gasteiger partial charge >= 0.3 is 0 Å². The molecule has 2 rings (SSSR count). The molecule has 21 heavy (non-hydrogen) atoms. The van der Waals surface area contributed by atoms with Crippen LogP contribution >= 0.6 is 0 Å². The van der Waals surface area contributed by atoms with Crippen molar-refractivity contribution in [3.8, 4) is 0 Å². The number of carbonyl (C=O) groups is 2. The summed E-state index contributed by atoms with van der Waals surface area (Å²) in [5.41, 5.74) is 0.334. The molecule has 2 amide bonds. The molecule has 1 aliphatic rings. The van der Waals surface area contributed by atoms with Gasteiger partial charge in [0, 0.05) is 19.8 Å². The third kappa shape index (κ3) is 2.80. The Bertz CT molecular complexity index is 534. The maximum absolute atomic E-state index is 12.8. The van der Waals surface area contributed by atoms with Crippen molar-refractivity contribution in [2.75, 3.05) is 6.54 Å². The smallest absolute Gasteiger partial charge is 0.248 e. The number of amides is 2. The van der Waals surface area contributed by atoms with E-state index in [1.54, 1.807) is 22.7 Å². The van der Waals surface area contributed by atoms with Gasteiger partial charge in [-0.05, 0) is 31.7 Å². The largest absolute Gasteiger partial charge is 0.340 e. The molecule has 1 fully saturated rings. The van der Waals surface area contributed by atoms with Crippen LogP contribution in [0.3, 0.4) is 0 Å². The Morgan fingerprint density at radius 3 is 2.52 bits per heavy atom. The molecule has 6 heteroatoms. The summed E-state index contributed by atoms with van der Waals surface area (Å²) in [5.74, 6) is -0.0343. The van der Waals surface area contributed by atoms with E-state index in [-0.39, 0.29) is 11.8 Å². The Labute approximate surface area is 125 Å². The lowest BCUT2D eigenvalue weighted by atomic mass is 9.87. The highest BCUT2D eigenvalue weighted by Gasteiger charge is 2.46. The summed E-state index contributed by atoms with van der Waals surface area (Å²) in [6.45, 7) is 6.21. The van der Waals surface area contributed by atoms with Gasteiger partial charge < -0.3 is 10.2 Å². The zero-order valence-electron chi connectivity index (χ0n) is 13.2. The predicted octanol–water partition coefficient (Wildman–Crippen LogP) is 0.868. The fourth-order valence-electron chi connectivity index (χ4n) is 2.86. The summed E-state index contributed by atoms with van der Waals surface area (Å²) in [6.07, 6.45) is 5.67. The lowest BCUT2D eigenvalue weighted by molar-refractivity contribution is -0.154. The van der Waals surface area contributed by atoms with E-state index in [1.165, 1.54) is 0 Å². The molecule has 1 aromatic rings. The maximum Gasteiger partial charge on any atom is 0.248 e. The minimum Gasteiger partial charge on any atom is -0.340 e. The molecule has 1 unspecified atom stereocenters. The van der Waals surface area contributed by atoms with Crippen LogP contribution in [0.4, 0.5) is 0 Å². The summed E-state index contributed by atoms with van der Waals surface area (Å²) in [6, 6.07) is -0.416. The Morgan fingerprint density at radius 1 is 1.33 bits per heavy atom. The zero-order valence-corrected chi connectivity index (χ0v) is 13.2.